The van der Waals surface area contributed by atoms with Crippen molar-refractivity contribution < 1.29 is 22.8 Å². The Morgan fingerprint density at radius 3 is 2.57 bits per heavy atom. The average molecular weight is 315 g/mol. The van der Waals surface area contributed by atoms with Crippen molar-refractivity contribution in [3.05, 3.63) is 77.5 Å². The summed E-state index contributed by atoms with van der Waals surface area (Å²) in [4.78, 5) is 11.8. The first-order valence-corrected chi connectivity index (χ1v) is 6.76. The Kier molecular flexibility index (Phi) is 4.14. The van der Waals surface area contributed by atoms with Gasteiger partial charge in [0.05, 0.1) is 5.56 Å². The molecular formula is C17H11F2NO3. The van der Waals surface area contributed by atoms with Crippen molar-refractivity contribution >= 4 is 5.97 Å². The molecule has 6 heteroatoms. The van der Waals surface area contributed by atoms with Crippen LogP contribution in [-0.4, -0.2) is 11.1 Å². The lowest BCUT2D eigenvalue weighted by Crippen LogP contribution is -2.07. The first kappa shape index (κ1) is 14.9. The zero-order valence-electron chi connectivity index (χ0n) is 11.8. The molecule has 0 unspecified atom stereocenters. The molecule has 3 rings (SSSR count). The number of esters is 1. The van der Waals surface area contributed by atoms with Gasteiger partial charge in [-0.05, 0) is 36.4 Å². The maximum absolute atomic E-state index is 13.5. The second kappa shape index (κ2) is 6.39. The molecule has 0 amide bonds. The quantitative estimate of drug-likeness (QED) is 0.683. The number of hydrogen-bond acceptors (Lipinski definition) is 4. The Morgan fingerprint density at radius 2 is 1.83 bits per heavy atom. The van der Waals surface area contributed by atoms with Crippen molar-refractivity contribution in [2.24, 2.45) is 0 Å². The van der Waals surface area contributed by atoms with E-state index >= 15 is 0 Å². The summed E-state index contributed by atoms with van der Waals surface area (Å²) in [6.45, 7) is -0.155. The monoisotopic (exact) mass is 315 g/mol. The molecule has 4 nitrogen and oxygen atoms in total. The van der Waals surface area contributed by atoms with E-state index in [1.807, 2.05) is 0 Å². The first-order chi connectivity index (χ1) is 11.1. The molecule has 1 heterocycles. The van der Waals surface area contributed by atoms with E-state index in [9.17, 15) is 13.6 Å². The molecule has 23 heavy (non-hydrogen) atoms. The highest BCUT2D eigenvalue weighted by molar-refractivity contribution is 5.89. The minimum atomic E-state index is -0.783. The average Bonchev–Trinajstić information content (AvgIpc) is 3.03. The number of rotatable bonds is 4. The largest absolute Gasteiger partial charge is 0.455 e. The molecule has 0 saturated carbocycles. The van der Waals surface area contributed by atoms with Gasteiger partial charge < -0.3 is 9.26 Å². The number of ether oxygens (including phenoxy) is 1. The lowest BCUT2D eigenvalue weighted by atomic mass is 10.1. The number of benzene rings is 2. The molecular weight excluding hydrogens is 304 g/mol. The van der Waals surface area contributed by atoms with E-state index in [0.29, 0.717) is 17.0 Å². The smallest absolute Gasteiger partial charge is 0.341 e. The van der Waals surface area contributed by atoms with Crippen molar-refractivity contribution in [1.29, 1.82) is 0 Å². The Labute approximate surface area is 130 Å². The Bertz CT molecular complexity index is 828. The van der Waals surface area contributed by atoms with Crippen LogP contribution in [-0.2, 0) is 11.3 Å². The number of nitrogens with zero attached hydrogens (tertiary/aromatic N) is 1. The molecule has 0 aliphatic heterocycles. The van der Waals surface area contributed by atoms with E-state index in [4.69, 9.17) is 9.26 Å². The van der Waals surface area contributed by atoms with Crippen LogP contribution >= 0.6 is 0 Å². The van der Waals surface area contributed by atoms with Gasteiger partial charge in [-0.25, -0.2) is 13.6 Å². The third-order valence-corrected chi connectivity index (χ3v) is 3.13. The van der Waals surface area contributed by atoms with Crippen LogP contribution in [0.5, 0.6) is 0 Å². The van der Waals surface area contributed by atoms with Gasteiger partial charge in [-0.2, -0.15) is 0 Å². The van der Waals surface area contributed by atoms with Crippen molar-refractivity contribution in [2.45, 2.75) is 6.61 Å². The predicted molar refractivity (Wildman–Crippen MR) is 77.4 cm³/mol. The number of carbonyl (C=O) groups is 1. The SMILES string of the molecule is O=C(OCc1cc(-c2ccc(F)cc2)on1)c1ccccc1F. The third kappa shape index (κ3) is 3.42. The van der Waals surface area contributed by atoms with Crippen molar-refractivity contribution in [2.75, 3.05) is 0 Å². The molecule has 0 saturated heterocycles. The number of aromatic nitrogens is 1. The van der Waals surface area contributed by atoms with E-state index in [0.717, 1.165) is 0 Å². The topological polar surface area (TPSA) is 52.3 Å². The molecule has 0 aliphatic rings. The second-order valence-electron chi connectivity index (χ2n) is 4.75. The highest BCUT2D eigenvalue weighted by atomic mass is 19.1. The van der Waals surface area contributed by atoms with Gasteiger partial charge in [-0.1, -0.05) is 17.3 Å². The molecule has 2 aromatic carbocycles. The van der Waals surface area contributed by atoms with Gasteiger partial charge in [0.25, 0.3) is 0 Å². The molecule has 116 valence electrons. The third-order valence-electron chi connectivity index (χ3n) is 3.13. The normalized spacial score (nSPS) is 10.5. The highest BCUT2D eigenvalue weighted by Crippen LogP contribution is 2.21. The molecule has 0 atom stereocenters. The van der Waals surface area contributed by atoms with Crippen LogP contribution in [0.1, 0.15) is 16.1 Å². The van der Waals surface area contributed by atoms with Crippen LogP contribution in [0, 0.1) is 11.6 Å². The predicted octanol–water partition coefficient (Wildman–Crippen LogP) is 3.98. The summed E-state index contributed by atoms with van der Waals surface area (Å²) in [5.74, 6) is -1.37. The van der Waals surface area contributed by atoms with Gasteiger partial charge in [0, 0.05) is 11.6 Å². The Balaban J connectivity index is 1.67. The fourth-order valence-electron chi connectivity index (χ4n) is 1.97. The van der Waals surface area contributed by atoms with Gasteiger partial charge in [-0.15, -0.1) is 0 Å². The summed E-state index contributed by atoms with van der Waals surface area (Å²) in [7, 11) is 0. The summed E-state index contributed by atoms with van der Waals surface area (Å²) in [6.07, 6.45) is 0. The van der Waals surface area contributed by atoms with Gasteiger partial charge in [0.2, 0.25) is 0 Å². The van der Waals surface area contributed by atoms with Crippen molar-refractivity contribution in [1.82, 2.24) is 5.16 Å². The maximum atomic E-state index is 13.5. The summed E-state index contributed by atoms with van der Waals surface area (Å²) in [6, 6.07) is 12.8. The lowest BCUT2D eigenvalue weighted by Gasteiger charge is -2.02. The Morgan fingerprint density at radius 1 is 1.09 bits per heavy atom. The van der Waals surface area contributed by atoms with Crippen LogP contribution < -0.4 is 0 Å². The Hall–Kier alpha value is -3.02. The zero-order valence-corrected chi connectivity index (χ0v) is 11.8. The van der Waals surface area contributed by atoms with Gasteiger partial charge in [0.15, 0.2) is 5.76 Å². The minimum absolute atomic E-state index is 0.144. The molecule has 0 fully saturated rings. The highest BCUT2D eigenvalue weighted by Gasteiger charge is 2.14. The van der Waals surface area contributed by atoms with Crippen LogP contribution in [0.25, 0.3) is 11.3 Å². The van der Waals surface area contributed by atoms with Gasteiger partial charge in [-0.3, -0.25) is 0 Å². The summed E-state index contributed by atoms with van der Waals surface area (Å²) >= 11 is 0. The van der Waals surface area contributed by atoms with Crippen LogP contribution in [0.15, 0.2) is 59.1 Å². The fraction of sp³-hybridized carbons (Fsp3) is 0.0588. The zero-order chi connectivity index (χ0) is 16.2. The fourth-order valence-corrected chi connectivity index (χ4v) is 1.97. The summed E-state index contributed by atoms with van der Waals surface area (Å²) in [5.41, 5.74) is 0.870. The van der Waals surface area contributed by atoms with E-state index in [1.54, 1.807) is 24.3 Å². The molecule has 0 bridgehead atoms. The maximum Gasteiger partial charge on any atom is 0.341 e. The van der Waals surface area contributed by atoms with Crippen LogP contribution in [0.2, 0.25) is 0 Å². The summed E-state index contributed by atoms with van der Waals surface area (Å²) in [5, 5.41) is 3.76. The number of carbonyl (C=O) groups excluding carboxylic acids is 1. The molecule has 3 aromatic rings. The summed E-state index contributed by atoms with van der Waals surface area (Å²) < 4.78 is 36.5. The van der Waals surface area contributed by atoms with Crippen molar-refractivity contribution in [3.63, 3.8) is 0 Å². The molecule has 0 spiro atoms. The standard InChI is InChI=1S/C17H11F2NO3/c18-12-7-5-11(6-8-12)16-9-13(20-23-16)10-22-17(21)14-3-1-2-4-15(14)19/h1-9H,10H2. The molecule has 0 aliphatic carbocycles. The van der Waals surface area contributed by atoms with Crippen LogP contribution in [0.4, 0.5) is 8.78 Å². The number of hydrogen-bond donors (Lipinski definition) is 0. The van der Waals surface area contributed by atoms with E-state index in [1.165, 1.54) is 30.3 Å². The number of halogens is 2. The molecule has 0 N–H and O–H groups in total. The minimum Gasteiger partial charge on any atom is -0.455 e. The van der Waals surface area contributed by atoms with E-state index < -0.39 is 11.8 Å². The van der Waals surface area contributed by atoms with E-state index in [-0.39, 0.29) is 18.0 Å². The van der Waals surface area contributed by atoms with Gasteiger partial charge >= 0.3 is 5.97 Å². The lowest BCUT2D eigenvalue weighted by molar-refractivity contribution is 0.0459. The first-order valence-electron chi connectivity index (χ1n) is 6.76. The molecule has 1 aromatic heterocycles. The second-order valence-corrected chi connectivity index (χ2v) is 4.75. The molecule has 0 radical (unpaired) electrons. The van der Waals surface area contributed by atoms with E-state index in [2.05, 4.69) is 5.16 Å². The van der Waals surface area contributed by atoms with Crippen LogP contribution in [0.3, 0.4) is 0 Å². The van der Waals surface area contributed by atoms with Crippen molar-refractivity contribution in [3.8, 4) is 11.3 Å². The van der Waals surface area contributed by atoms with Gasteiger partial charge in [0.1, 0.15) is 23.9 Å².